The van der Waals surface area contributed by atoms with Crippen LogP contribution >= 0.6 is 0 Å². The van der Waals surface area contributed by atoms with Crippen molar-refractivity contribution in [2.45, 2.75) is 24.3 Å². The summed E-state index contributed by atoms with van der Waals surface area (Å²) in [6.45, 7) is 1.96. The molecule has 0 saturated heterocycles. The van der Waals surface area contributed by atoms with Gasteiger partial charge in [-0.3, -0.25) is 10.1 Å². The Bertz CT molecular complexity index is 863. The normalized spacial score (nSPS) is 12.4. The number of methoxy groups -OCH3 is 1. The maximum absolute atomic E-state index is 11.6. The van der Waals surface area contributed by atoms with Crippen molar-refractivity contribution in [2.24, 2.45) is 0 Å². The number of nitrogens with zero attached hydrogens (tertiary/aromatic N) is 1. The summed E-state index contributed by atoms with van der Waals surface area (Å²) in [5.74, 6) is 0.724. The molecule has 7 nitrogen and oxygen atoms in total. The van der Waals surface area contributed by atoms with Crippen molar-refractivity contribution in [3.63, 3.8) is 0 Å². The Morgan fingerprint density at radius 3 is 2.32 bits per heavy atom. The topological polar surface area (TPSA) is 98.5 Å². The number of hydrogen-bond donors (Lipinski definition) is 1. The van der Waals surface area contributed by atoms with Gasteiger partial charge in [-0.05, 0) is 36.2 Å². The van der Waals surface area contributed by atoms with Crippen molar-refractivity contribution in [1.82, 2.24) is 0 Å². The van der Waals surface area contributed by atoms with Gasteiger partial charge < -0.3 is 10.1 Å². The number of hydrogen-bond acceptors (Lipinski definition) is 6. The Kier molecular flexibility index (Phi) is 5.63. The van der Waals surface area contributed by atoms with E-state index in [1.807, 2.05) is 31.2 Å². The minimum Gasteiger partial charge on any atom is -0.497 e. The number of ether oxygens (including phenoxy) is 1. The van der Waals surface area contributed by atoms with Crippen LogP contribution in [0.2, 0.25) is 0 Å². The highest BCUT2D eigenvalue weighted by Crippen LogP contribution is 2.32. The van der Waals surface area contributed by atoms with E-state index in [0.29, 0.717) is 6.42 Å². The van der Waals surface area contributed by atoms with Crippen molar-refractivity contribution in [3.8, 4) is 5.75 Å². The van der Waals surface area contributed by atoms with Crippen molar-refractivity contribution >= 4 is 21.2 Å². The first-order valence-electron chi connectivity index (χ1n) is 7.65. The summed E-state index contributed by atoms with van der Waals surface area (Å²) in [5.41, 5.74) is 0.958. The molecular weight excluding hydrogens is 344 g/mol. The Labute approximate surface area is 146 Å². The van der Waals surface area contributed by atoms with E-state index in [-0.39, 0.29) is 22.3 Å². The summed E-state index contributed by atoms with van der Waals surface area (Å²) in [6.07, 6.45) is 1.71. The van der Waals surface area contributed by atoms with E-state index in [1.54, 1.807) is 7.11 Å². The van der Waals surface area contributed by atoms with Crippen LogP contribution in [0.15, 0.2) is 47.4 Å². The molecule has 0 heterocycles. The van der Waals surface area contributed by atoms with E-state index in [0.717, 1.165) is 23.6 Å². The highest BCUT2D eigenvalue weighted by molar-refractivity contribution is 7.90. The quantitative estimate of drug-likeness (QED) is 0.596. The maximum atomic E-state index is 11.6. The van der Waals surface area contributed by atoms with Crippen LogP contribution in [-0.4, -0.2) is 26.7 Å². The summed E-state index contributed by atoms with van der Waals surface area (Å²) >= 11 is 0. The number of sulfone groups is 1. The first kappa shape index (κ1) is 18.7. The molecule has 0 unspecified atom stereocenters. The largest absolute Gasteiger partial charge is 0.497 e. The molecule has 2 rings (SSSR count). The fraction of sp³-hybridized carbons (Fsp3) is 0.294. The molecule has 134 valence electrons. The van der Waals surface area contributed by atoms with E-state index >= 15 is 0 Å². The highest BCUT2D eigenvalue weighted by atomic mass is 32.2. The summed E-state index contributed by atoms with van der Waals surface area (Å²) in [7, 11) is -1.93. The number of nitro groups is 1. The molecular formula is C17H20N2O5S. The van der Waals surface area contributed by atoms with Crippen LogP contribution in [0.1, 0.15) is 24.9 Å². The lowest BCUT2D eigenvalue weighted by atomic mass is 10.0. The Morgan fingerprint density at radius 2 is 1.84 bits per heavy atom. The maximum Gasteiger partial charge on any atom is 0.293 e. The van der Waals surface area contributed by atoms with Gasteiger partial charge in [0.1, 0.15) is 11.4 Å². The van der Waals surface area contributed by atoms with Crippen molar-refractivity contribution in [3.05, 3.63) is 58.1 Å². The van der Waals surface area contributed by atoms with E-state index < -0.39 is 14.8 Å². The lowest BCUT2D eigenvalue weighted by Crippen LogP contribution is -2.11. The minimum absolute atomic E-state index is 0.0813. The molecule has 25 heavy (non-hydrogen) atoms. The minimum atomic E-state index is -3.52. The Morgan fingerprint density at radius 1 is 1.20 bits per heavy atom. The molecule has 8 heteroatoms. The molecule has 2 aromatic rings. The van der Waals surface area contributed by atoms with Crippen LogP contribution in [0.25, 0.3) is 0 Å². The van der Waals surface area contributed by atoms with Gasteiger partial charge in [0.25, 0.3) is 5.69 Å². The molecule has 0 bridgehead atoms. The van der Waals surface area contributed by atoms with Gasteiger partial charge in [0.15, 0.2) is 9.84 Å². The van der Waals surface area contributed by atoms with Crippen LogP contribution in [0.5, 0.6) is 5.75 Å². The molecule has 0 amide bonds. The molecule has 0 aromatic heterocycles. The molecule has 0 spiro atoms. The van der Waals surface area contributed by atoms with Crippen molar-refractivity contribution in [1.29, 1.82) is 0 Å². The third-order valence-electron chi connectivity index (χ3n) is 3.85. The Balaban J connectivity index is 2.37. The van der Waals surface area contributed by atoms with Gasteiger partial charge in [-0.1, -0.05) is 19.1 Å². The highest BCUT2D eigenvalue weighted by Gasteiger charge is 2.21. The van der Waals surface area contributed by atoms with Gasteiger partial charge in [0, 0.05) is 12.3 Å². The van der Waals surface area contributed by atoms with Crippen LogP contribution < -0.4 is 10.1 Å². The van der Waals surface area contributed by atoms with Gasteiger partial charge in [-0.25, -0.2) is 8.42 Å². The van der Waals surface area contributed by atoms with E-state index in [2.05, 4.69) is 5.32 Å². The van der Waals surface area contributed by atoms with Gasteiger partial charge in [0.2, 0.25) is 0 Å². The van der Waals surface area contributed by atoms with E-state index in [4.69, 9.17) is 4.74 Å². The zero-order valence-electron chi connectivity index (χ0n) is 14.2. The summed E-state index contributed by atoms with van der Waals surface area (Å²) in [5, 5.41) is 14.5. The average Bonchev–Trinajstić information content (AvgIpc) is 2.58. The first-order valence-corrected chi connectivity index (χ1v) is 9.54. The third-order valence-corrected chi connectivity index (χ3v) is 4.96. The number of benzene rings is 2. The van der Waals surface area contributed by atoms with Gasteiger partial charge in [-0.2, -0.15) is 0 Å². The molecule has 1 N–H and O–H groups in total. The Hall–Kier alpha value is -2.61. The summed E-state index contributed by atoms with van der Waals surface area (Å²) in [4.78, 5) is 10.7. The second-order valence-electron chi connectivity index (χ2n) is 5.59. The summed E-state index contributed by atoms with van der Waals surface area (Å²) < 4.78 is 28.4. The number of nitro benzene ring substituents is 1. The lowest BCUT2D eigenvalue weighted by Gasteiger charge is -2.19. The number of nitrogens with one attached hydrogen (secondary N) is 1. The molecule has 0 saturated carbocycles. The molecule has 0 aliphatic carbocycles. The predicted octanol–water partition coefficient (Wildman–Crippen LogP) is 3.57. The van der Waals surface area contributed by atoms with E-state index in [9.17, 15) is 18.5 Å². The molecule has 0 fully saturated rings. The van der Waals surface area contributed by atoms with Crippen LogP contribution in [0.4, 0.5) is 11.4 Å². The second kappa shape index (κ2) is 7.52. The third kappa shape index (κ3) is 4.48. The number of anilines is 1. The molecule has 0 aliphatic rings. The summed E-state index contributed by atoms with van der Waals surface area (Å²) in [6, 6.07) is 11.1. The fourth-order valence-electron chi connectivity index (χ4n) is 2.46. The molecule has 1 atom stereocenters. The fourth-order valence-corrected chi connectivity index (χ4v) is 3.10. The van der Waals surface area contributed by atoms with Gasteiger partial charge in [0.05, 0.1) is 23.0 Å². The van der Waals surface area contributed by atoms with Crippen molar-refractivity contribution in [2.75, 3.05) is 18.7 Å². The van der Waals surface area contributed by atoms with Gasteiger partial charge >= 0.3 is 0 Å². The number of rotatable bonds is 7. The van der Waals surface area contributed by atoms with Crippen molar-refractivity contribution < 1.29 is 18.1 Å². The predicted molar refractivity (Wildman–Crippen MR) is 95.9 cm³/mol. The standard InChI is InChI=1S/C17H20N2O5S/c1-4-15(12-5-7-13(24-2)8-6-12)18-16-10-9-14(25(3,22)23)11-17(16)19(20)21/h5-11,15,18H,4H2,1-3H3/t15-/m1/s1. The molecule has 0 radical (unpaired) electrons. The molecule has 0 aliphatic heterocycles. The SMILES string of the molecule is CC[C@@H](Nc1ccc(S(C)(=O)=O)cc1[N+](=O)[O-])c1ccc(OC)cc1. The van der Waals surface area contributed by atoms with Crippen LogP contribution in [0, 0.1) is 10.1 Å². The smallest absolute Gasteiger partial charge is 0.293 e. The van der Waals surface area contributed by atoms with Gasteiger partial charge in [-0.15, -0.1) is 0 Å². The zero-order valence-corrected chi connectivity index (χ0v) is 15.0. The lowest BCUT2D eigenvalue weighted by molar-refractivity contribution is -0.384. The van der Waals surface area contributed by atoms with Crippen LogP contribution in [-0.2, 0) is 9.84 Å². The molecule has 2 aromatic carbocycles. The zero-order chi connectivity index (χ0) is 18.6. The first-order chi connectivity index (χ1) is 11.8. The van der Waals surface area contributed by atoms with E-state index in [1.165, 1.54) is 12.1 Å². The second-order valence-corrected chi connectivity index (χ2v) is 7.60. The average molecular weight is 364 g/mol. The monoisotopic (exact) mass is 364 g/mol. The van der Waals surface area contributed by atoms with Crippen LogP contribution in [0.3, 0.4) is 0 Å².